The van der Waals surface area contributed by atoms with Crippen LogP contribution in [-0.2, 0) is 0 Å². The highest BCUT2D eigenvalue weighted by Gasteiger charge is 2.22. The number of nitrogens with zero attached hydrogens (tertiary/aromatic N) is 4. The molecule has 0 saturated carbocycles. The van der Waals surface area contributed by atoms with Gasteiger partial charge in [-0.3, -0.25) is 0 Å². The molecule has 0 saturated heterocycles. The Bertz CT molecular complexity index is 3860. The largest absolute Gasteiger partial charge is 0.309 e. The van der Waals surface area contributed by atoms with Crippen molar-refractivity contribution in [2.45, 2.75) is 6.92 Å². The average molecular weight is 837 g/mol. The highest BCUT2D eigenvalue weighted by molar-refractivity contribution is 7.26. The summed E-state index contributed by atoms with van der Waals surface area (Å²) in [6, 6.07) is 67.8. The van der Waals surface area contributed by atoms with Crippen LogP contribution in [0, 0.1) is 0 Å². The molecule has 302 valence electrons. The van der Waals surface area contributed by atoms with Crippen molar-refractivity contribution in [2.75, 3.05) is 0 Å². The van der Waals surface area contributed by atoms with Gasteiger partial charge in [-0.1, -0.05) is 146 Å². The van der Waals surface area contributed by atoms with Gasteiger partial charge in [0.05, 0.1) is 39.1 Å². The van der Waals surface area contributed by atoms with Crippen LogP contribution in [0.25, 0.3) is 115 Å². The molecule has 0 aliphatic rings. The van der Waals surface area contributed by atoms with E-state index in [9.17, 15) is 0 Å². The first-order valence-electron chi connectivity index (χ1n) is 21.6. The third-order valence-electron chi connectivity index (χ3n) is 12.5. The zero-order valence-corrected chi connectivity index (χ0v) is 35.9. The normalized spacial score (nSPS) is 12.2. The van der Waals surface area contributed by atoms with Crippen LogP contribution in [0.4, 0.5) is 0 Å². The Kier molecular flexibility index (Phi) is 9.02. The van der Waals surface area contributed by atoms with E-state index < -0.39 is 0 Å². The van der Waals surface area contributed by atoms with E-state index in [1.807, 2.05) is 29.6 Å². The van der Waals surface area contributed by atoms with Gasteiger partial charge in [0.25, 0.3) is 0 Å². The van der Waals surface area contributed by atoms with Crippen LogP contribution in [0.15, 0.2) is 219 Å². The van der Waals surface area contributed by atoms with Crippen molar-refractivity contribution >= 4 is 80.7 Å². The Morgan fingerprint density at radius 1 is 0.516 bits per heavy atom. The SMILES string of the molecule is C=C/C=C\C=C(/C)c1cc(-c2ccccc2)nc(-c2ccc(-n3c4ccccc4c4cc(-c5ccc6c(c5)c5ccccc5n6-c5ccccc5)ccc43)c3c2sc2ccccc23)n1. The minimum absolute atomic E-state index is 0.704. The molecule has 12 aromatic rings. The summed E-state index contributed by atoms with van der Waals surface area (Å²) >= 11 is 1.81. The van der Waals surface area contributed by atoms with Gasteiger partial charge in [-0.15, -0.1) is 11.3 Å². The minimum atomic E-state index is 0.704. The third-order valence-corrected chi connectivity index (χ3v) is 13.7. The van der Waals surface area contributed by atoms with Crippen molar-refractivity contribution in [3.05, 3.63) is 225 Å². The van der Waals surface area contributed by atoms with Crippen LogP contribution >= 0.6 is 11.3 Å². The maximum absolute atomic E-state index is 5.28. The molecule has 0 fully saturated rings. The van der Waals surface area contributed by atoms with E-state index in [2.05, 4.69) is 211 Å². The lowest BCUT2D eigenvalue weighted by atomic mass is 10.0. The molecule has 0 amide bonds. The number of rotatable bonds is 8. The number of thiophene rings is 1. The molecule has 64 heavy (non-hydrogen) atoms. The van der Waals surface area contributed by atoms with Crippen LogP contribution in [0.5, 0.6) is 0 Å². The second kappa shape index (κ2) is 15.3. The Morgan fingerprint density at radius 2 is 1.11 bits per heavy atom. The van der Waals surface area contributed by atoms with Gasteiger partial charge >= 0.3 is 0 Å². The van der Waals surface area contributed by atoms with Crippen molar-refractivity contribution < 1.29 is 0 Å². The van der Waals surface area contributed by atoms with E-state index in [-0.39, 0.29) is 0 Å². The molecule has 4 nitrogen and oxygen atoms in total. The monoisotopic (exact) mass is 836 g/mol. The van der Waals surface area contributed by atoms with Gasteiger partial charge in [0.1, 0.15) is 0 Å². The Labute approximate surface area is 374 Å². The molecule has 4 heterocycles. The summed E-state index contributed by atoms with van der Waals surface area (Å²) in [4.78, 5) is 10.6. The fraction of sp³-hybridized carbons (Fsp3) is 0.0169. The first kappa shape index (κ1) is 37.6. The number of benzene rings is 8. The molecule has 0 bridgehead atoms. The molecule has 4 aromatic heterocycles. The van der Waals surface area contributed by atoms with Gasteiger partial charge in [0.15, 0.2) is 5.82 Å². The summed E-state index contributed by atoms with van der Waals surface area (Å²) in [6.07, 6.45) is 7.80. The van der Waals surface area contributed by atoms with Gasteiger partial charge in [-0.2, -0.15) is 0 Å². The Morgan fingerprint density at radius 3 is 1.81 bits per heavy atom. The van der Waals surface area contributed by atoms with Crippen molar-refractivity contribution in [1.82, 2.24) is 19.1 Å². The Balaban J connectivity index is 1.05. The molecule has 0 unspecified atom stereocenters. The van der Waals surface area contributed by atoms with Gasteiger partial charge in [-0.25, -0.2) is 9.97 Å². The highest BCUT2D eigenvalue weighted by Crippen LogP contribution is 2.45. The first-order valence-corrected chi connectivity index (χ1v) is 22.4. The van der Waals surface area contributed by atoms with Gasteiger partial charge < -0.3 is 9.13 Å². The van der Waals surface area contributed by atoms with Gasteiger partial charge in [-0.05, 0) is 96.4 Å². The lowest BCUT2D eigenvalue weighted by Gasteiger charge is -2.14. The molecular formula is C59H40N4S. The van der Waals surface area contributed by atoms with E-state index in [1.54, 1.807) is 6.08 Å². The van der Waals surface area contributed by atoms with E-state index >= 15 is 0 Å². The van der Waals surface area contributed by atoms with Crippen LogP contribution in [0.3, 0.4) is 0 Å². The molecule has 0 atom stereocenters. The smallest absolute Gasteiger partial charge is 0.161 e. The zero-order valence-electron chi connectivity index (χ0n) is 35.1. The predicted molar refractivity (Wildman–Crippen MR) is 273 cm³/mol. The molecule has 0 radical (unpaired) electrons. The predicted octanol–water partition coefficient (Wildman–Crippen LogP) is 16.2. The van der Waals surface area contributed by atoms with Crippen molar-refractivity contribution in [1.29, 1.82) is 0 Å². The van der Waals surface area contributed by atoms with Crippen LogP contribution < -0.4 is 0 Å². The molecule has 0 N–H and O–H groups in total. The number of hydrogen-bond donors (Lipinski definition) is 0. The Hall–Kier alpha value is -8.12. The van der Waals surface area contributed by atoms with Crippen molar-refractivity contribution in [2.24, 2.45) is 0 Å². The standard InChI is InChI=1S/C59H40N4S/c1-3-4-7-18-38(2)49-37-50(39-19-8-5-9-20-39)61-59(60-49)46-31-34-55(57-45-25-14-17-28-56(45)64-58(46)57)63-52-27-16-13-24-44(52)48-36-41(30-33-54(48)63)40-29-32-53-47(35-40)43-23-12-15-26-51(43)62(53)42-21-10-6-11-22-42/h3-37H,1H2,2H3/b7-4-,38-18+. The van der Waals surface area contributed by atoms with Crippen molar-refractivity contribution in [3.63, 3.8) is 0 Å². The molecule has 12 rings (SSSR count). The summed E-state index contributed by atoms with van der Waals surface area (Å²) in [6.45, 7) is 5.94. The van der Waals surface area contributed by atoms with E-state index in [0.717, 1.165) is 49.7 Å². The number of allylic oxidation sites excluding steroid dienone is 5. The van der Waals surface area contributed by atoms with Crippen LogP contribution in [0.1, 0.15) is 12.6 Å². The lowest BCUT2D eigenvalue weighted by Crippen LogP contribution is -1.99. The van der Waals surface area contributed by atoms with E-state index in [4.69, 9.17) is 9.97 Å². The maximum atomic E-state index is 5.28. The number of fused-ring (bicyclic) bond motifs is 9. The molecule has 0 spiro atoms. The van der Waals surface area contributed by atoms with Gasteiger partial charge in [0, 0.05) is 58.5 Å². The topological polar surface area (TPSA) is 35.6 Å². The fourth-order valence-electron chi connectivity index (χ4n) is 9.48. The third kappa shape index (κ3) is 6.12. The summed E-state index contributed by atoms with van der Waals surface area (Å²) in [5.41, 5.74) is 14.3. The second-order valence-corrected chi connectivity index (χ2v) is 17.3. The number of aromatic nitrogens is 4. The maximum Gasteiger partial charge on any atom is 0.161 e. The minimum Gasteiger partial charge on any atom is -0.309 e. The molecule has 8 aromatic carbocycles. The summed E-state index contributed by atoms with van der Waals surface area (Å²) in [5, 5.41) is 7.34. The molecule has 0 aliphatic heterocycles. The van der Waals surface area contributed by atoms with Gasteiger partial charge in [0.2, 0.25) is 0 Å². The highest BCUT2D eigenvalue weighted by atomic mass is 32.1. The zero-order chi connectivity index (χ0) is 42.7. The summed E-state index contributed by atoms with van der Waals surface area (Å²) in [7, 11) is 0. The molecular weight excluding hydrogens is 797 g/mol. The second-order valence-electron chi connectivity index (χ2n) is 16.2. The van der Waals surface area contributed by atoms with E-state index in [0.29, 0.717) is 5.82 Å². The van der Waals surface area contributed by atoms with E-state index in [1.165, 1.54) is 64.7 Å². The van der Waals surface area contributed by atoms with Crippen molar-refractivity contribution in [3.8, 4) is 45.1 Å². The molecule has 0 aliphatic carbocycles. The molecule has 5 heteroatoms. The average Bonchev–Trinajstić information content (AvgIpc) is 4.02. The number of para-hydroxylation sites is 3. The summed E-state index contributed by atoms with van der Waals surface area (Å²) in [5.74, 6) is 0.704. The first-order chi connectivity index (χ1) is 31.6. The fourth-order valence-corrected chi connectivity index (χ4v) is 10.7. The lowest BCUT2D eigenvalue weighted by molar-refractivity contribution is 1.15. The van der Waals surface area contributed by atoms with Crippen LogP contribution in [0.2, 0.25) is 0 Å². The summed E-state index contributed by atoms with van der Waals surface area (Å²) < 4.78 is 7.22. The number of hydrogen-bond acceptors (Lipinski definition) is 3. The quantitative estimate of drug-likeness (QED) is 0.143. The van der Waals surface area contributed by atoms with Crippen LogP contribution in [-0.4, -0.2) is 19.1 Å².